The summed E-state index contributed by atoms with van der Waals surface area (Å²) in [6.07, 6.45) is 0. The SMILES string of the molecule is c1ccc(N(c2ccccc2)c2ccc3c4ccccc4n(-c4ccc(-n5c6ccccc6c6ccc(N(c7ccccc7)c7ccccc7)cc65)cc4)c3c2)cc1. The molecule has 11 rings (SSSR count). The van der Waals surface area contributed by atoms with Crippen molar-refractivity contribution >= 4 is 77.7 Å². The van der Waals surface area contributed by atoms with Crippen LogP contribution in [0.1, 0.15) is 0 Å². The Balaban J connectivity index is 1.07. The Morgan fingerprint density at radius 3 is 0.862 bits per heavy atom. The highest BCUT2D eigenvalue weighted by Crippen LogP contribution is 2.42. The summed E-state index contributed by atoms with van der Waals surface area (Å²) in [7, 11) is 0. The average Bonchev–Trinajstić information content (AvgIpc) is 3.80. The molecule has 0 aliphatic carbocycles. The van der Waals surface area contributed by atoms with Crippen molar-refractivity contribution in [1.82, 2.24) is 9.13 Å². The Bertz CT molecular complexity index is 2910. The summed E-state index contributed by atoms with van der Waals surface area (Å²) in [6.45, 7) is 0. The lowest BCUT2D eigenvalue weighted by Crippen LogP contribution is -2.09. The molecular formula is C54H38N4. The fourth-order valence-corrected chi connectivity index (χ4v) is 8.71. The molecule has 0 N–H and O–H groups in total. The highest BCUT2D eigenvalue weighted by atomic mass is 15.2. The van der Waals surface area contributed by atoms with Crippen molar-refractivity contribution < 1.29 is 0 Å². The Kier molecular flexibility index (Phi) is 8.11. The molecule has 9 aromatic carbocycles. The van der Waals surface area contributed by atoms with Gasteiger partial charge in [-0.1, -0.05) is 121 Å². The van der Waals surface area contributed by atoms with E-state index in [4.69, 9.17) is 0 Å². The average molecular weight is 743 g/mol. The first kappa shape index (κ1) is 33.5. The van der Waals surface area contributed by atoms with Gasteiger partial charge in [0.25, 0.3) is 0 Å². The van der Waals surface area contributed by atoms with Crippen molar-refractivity contribution in [3.63, 3.8) is 0 Å². The summed E-state index contributed by atoms with van der Waals surface area (Å²) >= 11 is 0. The third-order valence-electron chi connectivity index (χ3n) is 11.3. The van der Waals surface area contributed by atoms with E-state index in [0.717, 1.165) is 56.5 Å². The first-order chi connectivity index (χ1) is 28.8. The summed E-state index contributed by atoms with van der Waals surface area (Å²) in [5.74, 6) is 0. The Morgan fingerprint density at radius 1 is 0.224 bits per heavy atom. The van der Waals surface area contributed by atoms with Gasteiger partial charge in [-0.15, -0.1) is 0 Å². The fraction of sp³-hybridized carbons (Fsp3) is 0. The summed E-state index contributed by atoms with van der Waals surface area (Å²) in [6, 6.07) is 82.7. The molecule has 0 radical (unpaired) electrons. The van der Waals surface area contributed by atoms with Crippen molar-refractivity contribution in [2.24, 2.45) is 0 Å². The van der Waals surface area contributed by atoms with Gasteiger partial charge >= 0.3 is 0 Å². The van der Waals surface area contributed by atoms with Gasteiger partial charge in [-0.3, -0.25) is 0 Å². The van der Waals surface area contributed by atoms with E-state index in [1.807, 2.05) is 0 Å². The molecule has 2 heterocycles. The van der Waals surface area contributed by atoms with Crippen LogP contribution in [-0.2, 0) is 0 Å². The minimum absolute atomic E-state index is 1.10. The van der Waals surface area contributed by atoms with Gasteiger partial charge in [0.2, 0.25) is 0 Å². The van der Waals surface area contributed by atoms with Gasteiger partial charge in [0, 0.05) is 67.0 Å². The van der Waals surface area contributed by atoms with Crippen LogP contribution in [0.4, 0.5) is 34.1 Å². The molecule has 0 saturated heterocycles. The summed E-state index contributed by atoms with van der Waals surface area (Å²) < 4.78 is 4.82. The Hall–Kier alpha value is -7.82. The van der Waals surface area contributed by atoms with Gasteiger partial charge in [0.1, 0.15) is 0 Å². The minimum atomic E-state index is 1.10. The molecule has 0 fully saturated rings. The van der Waals surface area contributed by atoms with Crippen LogP contribution in [0.2, 0.25) is 0 Å². The molecule has 4 nitrogen and oxygen atoms in total. The molecule has 0 atom stereocenters. The zero-order chi connectivity index (χ0) is 38.4. The van der Waals surface area contributed by atoms with Crippen molar-refractivity contribution in [2.75, 3.05) is 9.80 Å². The normalized spacial score (nSPS) is 11.4. The van der Waals surface area contributed by atoms with Crippen LogP contribution in [-0.4, -0.2) is 9.13 Å². The highest BCUT2D eigenvalue weighted by molar-refractivity contribution is 6.11. The van der Waals surface area contributed by atoms with E-state index in [1.165, 1.54) is 32.6 Å². The molecule has 274 valence electrons. The molecule has 0 unspecified atom stereocenters. The third kappa shape index (κ3) is 5.62. The van der Waals surface area contributed by atoms with Gasteiger partial charge in [0.05, 0.1) is 22.1 Å². The van der Waals surface area contributed by atoms with Crippen molar-refractivity contribution in [2.45, 2.75) is 0 Å². The largest absolute Gasteiger partial charge is 0.310 e. The molecule has 11 aromatic rings. The summed E-state index contributed by atoms with van der Waals surface area (Å²) in [4.78, 5) is 4.66. The van der Waals surface area contributed by atoms with Crippen LogP contribution in [0.25, 0.3) is 55.0 Å². The number of nitrogens with zero attached hydrogens (tertiary/aromatic N) is 4. The van der Waals surface area contributed by atoms with Gasteiger partial charge in [-0.2, -0.15) is 0 Å². The molecule has 0 aliphatic heterocycles. The molecule has 0 spiro atoms. The van der Waals surface area contributed by atoms with E-state index in [1.54, 1.807) is 0 Å². The van der Waals surface area contributed by atoms with Crippen LogP contribution in [0.3, 0.4) is 0 Å². The monoisotopic (exact) mass is 742 g/mol. The van der Waals surface area contributed by atoms with Crippen LogP contribution in [0.15, 0.2) is 231 Å². The van der Waals surface area contributed by atoms with Crippen LogP contribution < -0.4 is 9.80 Å². The fourth-order valence-electron chi connectivity index (χ4n) is 8.71. The molecule has 2 aromatic heterocycles. The first-order valence-electron chi connectivity index (χ1n) is 19.8. The van der Waals surface area contributed by atoms with Crippen LogP contribution in [0, 0.1) is 0 Å². The standard InChI is InChI=1S/C54H38N4/c1-5-17-39(18-6-1)55(40-19-7-2-8-20-40)45-33-35-49-47-25-13-15-27-51(47)57(53(49)37-45)43-29-31-44(32-30-43)58-52-28-16-14-26-48(52)50-36-34-46(38-54(50)58)56(41-21-9-3-10-22-41)42-23-11-4-12-24-42/h1-38H. The number of para-hydroxylation sites is 6. The second-order valence-electron chi connectivity index (χ2n) is 14.6. The predicted molar refractivity (Wildman–Crippen MR) is 244 cm³/mol. The number of aromatic nitrogens is 2. The van der Waals surface area contributed by atoms with Crippen molar-refractivity contribution in [3.8, 4) is 11.4 Å². The molecular weight excluding hydrogens is 705 g/mol. The van der Waals surface area contributed by atoms with E-state index in [9.17, 15) is 0 Å². The number of hydrogen-bond acceptors (Lipinski definition) is 2. The molecule has 0 aliphatic rings. The van der Waals surface area contributed by atoms with E-state index in [2.05, 4.69) is 249 Å². The second kappa shape index (κ2) is 14.0. The van der Waals surface area contributed by atoms with E-state index < -0.39 is 0 Å². The maximum absolute atomic E-state index is 2.41. The zero-order valence-corrected chi connectivity index (χ0v) is 31.7. The first-order valence-corrected chi connectivity index (χ1v) is 19.8. The quantitative estimate of drug-likeness (QED) is 0.154. The zero-order valence-electron chi connectivity index (χ0n) is 31.7. The summed E-state index contributed by atoms with van der Waals surface area (Å²) in [5, 5.41) is 4.91. The lowest BCUT2D eigenvalue weighted by atomic mass is 10.1. The second-order valence-corrected chi connectivity index (χ2v) is 14.6. The van der Waals surface area contributed by atoms with Crippen molar-refractivity contribution in [1.29, 1.82) is 0 Å². The van der Waals surface area contributed by atoms with Gasteiger partial charge < -0.3 is 18.9 Å². The lowest BCUT2D eigenvalue weighted by molar-refractivity contribution is 1.14. The Labute approximate surface area is 337 Å². The topological polar surface area (TPSA) is 16.3 Å². The number of fused-ring (bicyclic) bond motifs is 6. The number of hydrogen-bond donors (Lipinski definition) is 0. The smallest absolute Gasteiger partial charge is 0.0561 e. The Morgan fingerprint density at radius 2 is 0.517 bits per heavy atom. The molecule has 58 heavy (non-hydrogen) atoms. The lowest BCUT2D eigenvalue weighted by Gasteiger charge is -2.25. The summed E-state index contributed by atoms with van der Waals surface area (Å²) in [5.41, 5.74) is 13.6. The van der Waals surface area contributed by atoms with Crippen molar-refractivity contribution in [3.05, 3.63) is 231 Å². The maximum Gasteiger partial charge on any atom is 0.0561 e. The minimum Gasteiger partial charge on any atom is -0.310 e. The number of anilines is 6. The third-order valence-corrected chi connectivity index (χ3v) is 11.3. The van der Waals surface area contributed by atoms with E-state index in [0.29, 0.717) is 0 Å². The molecule has 0 bridgehead atoms. The number of rotatable bonds is 8. The van der Waals surface area contributed by atoms with Gasteiger partial charge in [-0.25, -0.2) is 0 Å². The molecule has 0 saturated carbocycles. The predicted octanol–water partition coefficient (Wildman–Crippen LogP) is 14.8. The van der Waals surface area contributed by atoms with E-state index in [-0.39, 0.29) is 0 Å². The molecule has 4 heteroatoms. The number of benzene rings is 9. The van der Waals surface area contributed by atoms with Crippen LogP contribution in [0.5, 0.6) is 0 Å². The highest BCUT2D eigenvalue weighted by Gasteiger charge is 2.20. The van der Waals surface area contributed by atoms with E-state index >= 15 is 0 Å². The van der Waals surface area contributed by atoms with Gasteiger partial charge in [-0.05, 0) is 109 Å². The van der Waals surface area contributed by atoms with Crippen LogP contribution >= 0.6 is 0 Å². The maximum atomic E-state index is 2.41. The van der Waals surface area contributed by atoms with Gasteiger partial charge in [0.15, 0.2) is 0 Å². The molecule has 0 amide bonds.